The number of hydrogen-bond acceptors (Lipinski definition) is 16. The molecule has 0 aromatic rings. The van der Waals surface area contributed by atoms with Crippen molar-refractivity contribution in [2.45, 2.75) is 52.1 Å². The molecule has 218 valence electrons. The summed E-state index contributed by atoms with van der Waals surface area (Å²) >= 11 is 0. The summed E-state index contributed by atoms with van der Waals surface area (Å²) in [7, 11) is 0. The Labute approximate surface area is 317 Å². The Hall–Kier alpha value is 0.313. The number of aliphatic carboxylic acids is 2. The number of carbonyl (C=O) groups is 4. The van der Waals surface area contributed by atoms with E-state index in [9.17, 15) is 39.6 Å². The number of aliphatic hydroxyl groups excluding tert-OH is 2. The predicted octanol–water partition coefficient (Wildman–Crippen LogP) is -9.44. The van der Waals surface area contributed by atoms with Crippen LogP contribution in [0, 0.1) is 0 Å². The zero-order valence-electron chi connectivity index (χ0n) is 23.5. The second kappa shape index (κ2) is 26.9. The van der Waals surface area contributed by atoms with E-state index in [-0.39, 0.29) is 142 Å². The number of hydroxylamine groups is 4. The molecular weight excluding hydrogens is 594 g/mol. The van der Waals surface area contributed by atoms with E-state index in [4.69, 9.17) is 28.8 Å². The molecule has 0 aliphatic rings. The van der Waals surface area contributed by atoms with Crippen LogP contribution in [-0.2, 0) is 48.0 Å². The minimum absolute atomic E-state index is 0. The molecule has 0 aliphatic heterocycles. The van der Waals surface area contributed by atoms with Gasteiger partial charge in [0.05, 0.1) is 50.4 Å². The number of carboxylic acids is 2. The van der Waals surface area contributed by atoms with Crippen LogP contribution >= 0.6 is 0 Å². The van der Waals surface area contributed by atoms with Crippen LogP contribution in [0.1, 0.15) is 27.7 Å². The molecule has 0 bridgehead atoms. The first-order valence-corrected chi connectivity index (χ1v) is 11.4. The van der Waals surface area contributed by atoms with Crippen molar-refractivity contribution in [3.05, 3.63) is 24.3 Å². The van der Waals surface area contributed by atoms with Crippen molar-refractivity contribution in [3.8, 4) is 0 Å². The minimum atomic E-state index is -1.57. The molecule has 40 heavy (non-hydrogen) atoms. The molecular formula is C22H34K2N2O14. The van der Waals surface area contributed by atoms with Crippen molar-refractivity contribution in [3.63, 3.8) is 0 Å². The van der Waals surface area contributed by atoms with E-state index in [0.717, 1.165) is 10.5 Å². The molecule has 0 saturated carbocycles. The molecule has 0 rings (SSSR count). The smallest absolute Gasteiger partial charge is 0.545 e. The summed E-state index contributed by atoms with van der Waals surface area (Å²) in [5.41, 5.74) is 0. The average molecular weight is 629 g/mol. The fraction of sp³-hybridized carbons (Fsp3) is 0.636. The molecule has 0 radical (unpaired) electrons. The summed E-state index contributed by atoms with van der Waals surface area (Å²) < 4.78 is 9.92. The SMILES string of the molecule is CC(O)CON(CCN(OCC(C)OC(=O)/C=C\C(=O)[O-])OCC(C)OC(=O)/C=C\C(=O)[O-])OCC(C)O.[K+].[K+]. The van der Waals surface area contributed by atoms with E-state index in [1.54, 1.807) is 0 Å². The molecule has 0 aliphatic carbocycles. The Morgan fingerprint density at radius 2 is 0.925 bits per heavy atom. The quantitative estimate of drug-likeness (QED) is 0.0522. The maximum atomic E-state index is 11.6. The Balaban J connectivity index is -0.00000684. The fourth-order valence-electron chi connectivity index (χ4n) is 2.07. The van der Waals surface area contributed by atoms with Gasteiger partial charge in [-0.2, -0.15) is 0 Å². The minimum Gasteiger partial charge on any atom is -0.545 e. The number of carboxylic acid groups (broad SMARTS) is 2. The standard InChI is InChI=1S/C22H36N2O14.2K/c1-15(25)11-33-23(34-12-16(2)26)9-10-24(35-13-17(3)37-21(31)7-5-19(27)28)36-14-18(4)38-22(32)8-6-20(29)30;;/h5-8,15-18,25-26H,9-14H2,1-4H3,(H,27,28)(H,29,30);;/q;2*+1/p-2/b7-5-,8-6-;;. The van der Waals surface area contributed by atoms with Crippen LogP contribution in [0.15, 0.2) is 24.3 Å². The molecule has 2 N–H and O–H groups in total. The van der Waals surface area contributed by atoms with E-state index in [1.165, 1.54) is 27.7 Å². The number of rotatable bonds is 21. The first kappa shape index (κ1) is 44.8. The van der Waals surface area contributed by atoms with E-state index >= 15 is 0 Å². The number of aliphatic hydroxyl groups is 2. The molecule has 0 aromatic heterocycles. The van der Waals surface area contributed by atoms with E-state index in [2.05, 4.69) is 0 Å². The van der Waals surface area contributed by atoms with Gasteiger partial charge in [-0.15, -0.1) is 0 Å². The fourth-order valence-corrected chi connectivity index (χ4v) is 2.07. The number of ether oxygens (including phenoxy) is 2. The molecule has 0 aromatic carbocycles. The Morgan fingerprint density at radius 3 is 1.20 bits per heavy atom. The monoisotopic (exact) mass is 628 g/mol. The van der Waals surface area contributed by atoms with Crippen molar-refractivity contribution in [2.75, 3.05) is 39.5 Å². The molecule has 4 atom stereocenters. The van der Waals surface area contributed by atoms with Crippen molar-refractivity contribution >= 4 is 23.9 Å². The normalized spacial score (nSPS) is 14.3. The molecule has 0 spiro atoms. The molecule has 0 amide bonds. The summed E-state index contributed by atoms with van der Waals surface area (Å²) in [5, 5.41) is 41.6. The zero-order valence-corrected chi connectivity index (χ0v) is 29.8. The van der Waals surface area contributed by atoms with Gasteiger partial charge in [-0.1, -0.05) is 10.5 Å². The molecule has 4 unspecified atom stereocenters. The van der Waals surface area contributed by atoms with Gasteiger partial charge in [-0.25, -0.2) is 9.59 Å². The van der Waals surface area contributed by atoms with Crippen molar-refractivity contribution in [1.29, 1.82) is 0 Å². The largest absolute Gasteiger partial charge is 1.00 e. The first-order chi connectivity index (χ1) is 17.8. The van der Waals surface area contributed by atoms with Crippen LogP contribution in [0.25, 0.3) is 0 Å². The average Bonchev–Trinajstić information content (AvgIpc) is 2.81. The second-order valence-electron chi connectivity index (χ2n) is 7.79. The van der Waals surface area contributed by atoms with Gasteiger partial charge in [-0.3, -0.25) is 19.4 Å². The molecule has 18 heteroatoms. The van der Waals surface area contributed by atoms with E-state index in [0.29, 0.717) is 24.3 Å². The Kier molecular flexibility index (Phi) is 30.1. The molecule has 0 heterocycles. The van der Waals surface area contributed by atoms with Gasteiger partial charge < -0.3 is 39.5 Å². The number of hydrogen-bond donors (Lipinski definition) is 2. The van der Waals surface area contributed by atoms with Gasteiger partial charge in [0.2, 0.25) is 0 Å². The predicted molar refractivity (Wildman–Crippen MR) is 120 cm³/mol. The molecule has 16 nitrogen and oxygen atoms in total. The summed E-state index contributed by atoms with van der Waals surface area (Å²) in [4.78, 5) is 65.5. The van der Waals surface area contributed by atoms with Gasteiger partial charge >= 0.3 is 115 Å². The van der Waals surface area contributed by atoms with Gasteiger partial charge in [0, 0.05) is 12.2 Å². The van der Waals surface area contributed by atoms with Crippen molar-refractivity contribution in [2.24, 2.45) is 0 Å². The molecule has 0 saturated heterocycles. The van der Waals surface area contributed by atoms with Crippen LogP contribution in [-0.4, -0.2) is 108 Å². The van der Waals surface area contributed by atoms with Crippen LogP contribution in [0.3, 0.4) is 0 Å². The summed E-state index contributed by atoms with van der Waals surface area (Å²) in [6, 6.07) is 0. The van der Waals surface area contributed by atoms with Crippen LogP contribution in [0.4, 0.5) is 0 Å². The van der Waals surface area contributed by atoms with Gasteiger partial charge in [0.15, 0.2) is 0 Å². The van der Waals surface area contributed by atoms with E-state index in [1.807, 2.05) is 0 Å². The zero-order chi connectivity index (χ0) is 29.1. The van der Waals surface area contributed by atoms with Gasteiger partial charge in [-0.05, 0) is 39.8 Å². The van der Waals surface area contributed by atoms with Crippen LogP contribution < -0.4 is 113 Å². The number of nitrogens with zero attached hydrogens (tertiary/aromatic N) is 2. The Bertz CT molecular complexity index is 737. The Morgan fingerprint density at radius 1 is 0.625 bits per heavy atom. The maximum Gasteiger partial charge on any atom is 1.00 e. The summed E-state index contributed by atoms with van der Waals surface area (Å²) in [6.45, 7) is 5.00. The third-order valence-electron chi connectivity index (χ3n) is 3.64. The molecule has 0 fully saturated rings. The summed E-state index contributed by atoms with van der Waals surface area (Å²) in [6.07, 6.45) is -1.02. The number of esters is 2. The summed E-state index contributed by atoms with van der Waals surface area (Å²) in [5.74, 6) is -5.05. The number of carbonyl (C=O) groups excluding carboxylic acids is 4. The third-order valence-corrected chi connectivity index (χ3v) is 3.64. The van der Waals surface area contributed by atoms with Crippen LogP contribution in [0.2, 0.25) is 0 Å². The third kappa shape index (κ3) is 28.4. The van der Waals surface area contributed by atoms with Gasteiger partial charge in [0.1, 0.15) is 25.4 Å². The first-order valence-electron chi connectivity index (χ1n) is 11.4. The van der Waals surface area contributed by atoms with Gasteiger partial charge in [0.25, 0.3) is 0 Å². The maximum absolute atomic E-state index is 11.6. The second-order valence-corrected chi connectivity index (χ2v) is 7.79. The van der Waals surface area contributed by atoms with E-state index < -0.39 is 48.3 Å². The van der Waals surface area contributed by atoms with Crippen molar-refractivity contribution < 1.29 is 171 Å². The van der Waals surface area contributed by atoms with Crippen LogP contribution in [0.5, 0.6) is 0 Å². The van der Waals surface area contributed by atoms with Crippen molar-refractivity contribution in [1.82, 2.24) is 10.5 Å². The topological polar surface area (TPSA) is 217 Å².